The summed E-state index contributed by atoms with van der Waals surface area (Å²) in [5.74, 6) is -0.214. The number of nitrogens with zero attached hydrogens (tertiary/aromatic N) is 3. The number of carbonyl (C=O) groups is 2. The summed E-state index contributed by atoms with van der Waals surface area (Å²) in [6, 6.07) is 6.70. The maximum Gasteiger partial charge on any atom is 0.247 e. The molecule has 1 aromatic carbocycles. The molecule has 6 heteroatoms. The van der Waals surface area contributed by atoms with Gasteiger partial charge in [0.25, 0.3) is 0 Å². The number of hydrogen-bond acceptors (Lipinski definition) is 5. The van der Waals surface area contributed by atoms with E-state index in [1.807, 2.05) is 0 Å². The largest absolute Gasteiger partial charge is 0.399 e. The Bertz CT molecular complexity index is 467. The van der Waals surface area contributed by atoms with Gasteiger partial charge >= 0.3 is 0 Å². The first-order valence-corrected chi connectivity index (χ1v) is 6.64. The number of amides is 2. The third kappa shape index (κ3) is 3.55. The third-order valence-corrected chi connectivity index (χ3v) is 3.50. The molecule has 6 nitrogen and oxygen atoms in total. The Kier molecular flexibility index (Phi) is 4.70. The summed E-state index contributed by atoms with van der Waals surface area (Å²) in [6.07, 6.45) is 0.559. The van der Waals surface area contributed by atoms with Gasteiger partial charge in [-0.15, -0.1) is 0 Å². The van der Waals surface area contributed by atoms with E-state index in [0.717, 1.165) is 31.1 Å². The Hall–Kier alpha value is -1.92. The van der Waals surface area contributed by atoms with Gasteiger partial charge in [0.05, 0.1) is 12.2 Å². The van der Waals surface area contributed by atoms with Crippen molar-refractivity contribution in [2.24, 2.45) is 0 Å². The minimum atomic E-state index is -0.214. The van der Waals surface area contributed by atoms with Gasteiger partial charge in [0.15, 0.2) is 0 Å². The Morgan fingerprint density at radius 3 is 2.40 bits per heavy atom. The van der Waals surface area contributed by atoms with E-state index in [-0.39, 0.29) is 12.5 Å². The molecule has 0 aromatic heterocycles. The van der Waals surface area contributed by atoms with Crippen molar-refractivity contribution >= 4 is 23.7 Å². The lowest BCUT2D eigenvalue weighted by molar-refractivity contribution is -0.123. The zero-order valence-corrected chi connectivity index (χ0v) is 11.7. The van der Waals surface area contributed by atoms with Crippen LogP contribution in [0, 0.1) is 0 Å². The molecule has 1 aromatic rings. The monoisotopic (exact) mass is 276 g/mol. The van der Waals surface area contributed by atoms with Gasteiger partial charge in [-0.1, -0.05) is 0 Å². The number of nitrogens with two attached hydrogens (primary N) is 1. The summed E-state index contributed by atoms with van der Waals surface area (Å²) in [6.45, 7) is 3.83. The quantitative estimate of drug-likeness (QED) is 0.619. The van der Waals surface area contributed by atoms with Gasteiger partial charge in [-0.2, -0.15) is 0 Å². The second-order valence-corrected chi connectivity index (χ2v) is 5.04. The van der Waals surface area contributed by atoms with Crippen LogP contribution < -0.4 is 10.6 Å². The summed E-state index contributed by atoms with van der Waals surface area (Å²) in [5.41, 5.74) is 6.75. The first-order valence-electron chi connectivity index (χ1n) is 6.64. The van der Waals surface area contributed by atoms with E-state index in [4.69, 9.17) is 5.73 Å². The van der Waals surface area contributed by atoms with Crippen molar-refractivity contribution < 1.29 is 9.59 Å². The fourth-order valence-electron chi connectivity index (χ4n) is 2.17. The average molecular weight is 276 g/mol. The van der Waals surface area contributed by atoms with Crippen molar-refractivity contribution in [1.29, 1.82) is 0 Å². The molecular formula is C14H20N4O2. The SMILES string of the molecule is CN1CCN(CC(=O)N(C=O)c2ccc(N)cc2)CC1. The summed E-state index contributed by atoms with van der Waals surface area (Å²) in [4.78, 5) is 28.8. The van der Waals surface area contributed by atoms with Crippen LogP contribution in [-0.2, 0) is 9.59 Å². The number of hydrogen-bond donors (Lipinski definition) is 1. The van der Waals surface area contributed by atoms with E-state index in [0.29, 0.717) is 17.8 Å². The van der Waals surface area contributed by atoms with Crippen LogP contribution in [-0.4, -0.2) is 61.9 Å². The van der Waals surface area contributed by atoms with Crippen LogP contribution in [0.5, 0.6) is 0 Å². The molecule has 0 spiro atoms. The van der Waals surface area contributed by atoms with Crippen LogP contribution in [0.1, 0.15) is 0 Å². The number of likely N-dealkylation sites (N-methyl/N-ethyl adjacent to an activating group) is 1. The lowest BCUT2D eigenvalue weighted by Gasteiger charge is -2.32. The van der Waals surface area contributed by atoms with Crippen molar-refractivity contribution in [3.8, 4) is 0 Å². The van der Waals surface area contributed by atoms with Gasteiger partial charge in [0, 0.05) is 31.9 Å². The lowest BCUT2D eigenvalue weighted by Crippen LogP contribution is -2.48. The van der Waals surface area contributed by atoms with Gasteiger partial charge in [-0.25, -0.2) is 0 Å². The van der Waals surface area contributed by atoms with Crippen molar-refractivity contribution in [2.45, 2.75) is 0 Å². The molecular weight excluding hydrogens is 256 g/mol. The normalized spacial score (nSPS) is 16.9. The van der Waals surface area contributed by atoms with E-state index in [2.05, 4.69) is 16.8 Å². The predicted octanol–water partition coefficient (Wildman–Crippen LogP) is 0.00560. The van der Waals surface area contributed by atoms with E-state index < -0.39 is 0 Å². The molecule has 0 bridgehead atoms. The van der Waals surface area contributed by atoms with E-state index >= 15 is 0 Å². The maximum atomic E-state index is 12.2. The van der Waals surface area contributed by atoms with Crippen LogP contribution in [0.2, 0.25) is 0 Å². The zero-order chi connectivity index (χ0) is 14.5. The maximum absolute atomic E-state index is 12.2. The predicted molar refractivity (Wildman–Crippen MR) is 78.3 cm³/mol. The first kappa shape index (κ1) is 14.5. The van der Waals surface area contributed by atoms with Crippen molar-refractivity contribution in [3.63, 3.8) is 0 Å². The molecule has 2 rings (SSSR count). The number of anilines is 2. The van der Waals surface area contributed by atoms with Crippen LogP contribution in [0.25, 0.3) is 0 Å². The molecule has 1 heterocycles. The number of piperazine rings is 1. The molecule has 0 saturated carbocycles. The minimum Gasteiger partial charge on any atom is -0.399 e. The molecule has 20 heavy (non-hydrogen) atoms. The average Bonchev–Trinajstić information content (AvgIpc) is 2.44. The van der Waals surface area contributed by atoms with Crippen LogP contribution >= 0.6 is 0 Å². The smallest absolute Gasteiger partial charge is 0.247 e. The molecule has 0 atom stereocenters. The Morgan fingerprint density at radius 1 is 1.25 bits per heavy atom. The topological polar surface area (TPSA) is 69.9 Å². The first-order chi connectivity index (χ1) is 9.60. The second kappa shape index (κ2) is 6.49. The summed E-state index contributed by atoms with van der Waals surface area (Å²) >= 11 is 0. The third-order valence-electron chi connectivity index (χ3n) is 3.50. The fraction of sp³-hybridized carbons (Fsp3) is 0.429. The van der Waals surface area contributed by atoms with Crippen molar-refractivity contribution in [2.75, 3.05) is 50.4 Å². The summed E-state index contributed by atoms with van der Waals surface area (Å²) in [5, 5.41) is 0. The number of benzene rings is 1. The Balaban J connectivity index is 1.98. The lowest BCUT2D eigenvalue weighted by atomic mass is 10.2. The molecule has 1 aliphatic rings. The molecule has 2 amide bonds. The summed E-state index contributed by atoms with van der Waals surface area (Å²) in [7, 11) is 2.06. The zero-order valence-electron chi connectivity index (χ0n) is 11.7. The van der Waals surface area contributed by atoms with Gasteiger partial charge < -0.3 is 10.6 Å². The second-order valence-electron chi connectivity index (χ2n) is 5.04. The van der Waals surface area contributed by atoms with E-state index in [1.54, 1.807) is 24.3 Å². The van der Waals surface area contributed by atoms with Gasteiger partial charge in [-0.05, 0) is 31.3 Å². The molecule has 1 aliphatic heterocycles. The molecule has 2 N–H and O–H groups in total. The van der Waals surface area contributed by atoms with E-state index in [9.17, 15) is 9.59 Å². The number of imide groups is 1. The Labute approximate surface area is 118 Å². The highest BCUT2D eigenvalue weighted by atomic mass is 16.2. The highest BCUT2D eigenvalue weighted by Crippen LogP contribution is 2.15. The molecule has 1 fully saturated rings. The van der Waals surface area contributed by atoms with Gasteiger partial charge in [-0.3, -0.25) is 19.4 Å². The minimum absolute atomic E-state index is 0.214. The molecule has 0 radical (unpaired) electrons. The number of rotatable bonds is 4. The fourth-order valence-corrected chi connectivity index (χ4v) is 2.17. The molecule has 0 aliphatic carbocycles. The van der Waals surface area contributed by atoms with Gasteiger partial charge in [0.2, 0.25) is 12.3 Å². The van der Waals surface area contributed by atoms with Crippen LogP contribution in [0.4, 0.5) is 11.4 Å². The highest BCUT2D eigenvalue weighted by Gasteiger charge is 2.21. The molecule has 108 valence electrons. The molecule has 1 saturated heterocycles. The highest BCUT2D eigenvalue weighted by molar-refractivity contribution is 6.07. The van der Waals surface area contributed by atoms with Crippen LogP contribution in [0.3, 0.4) is 0 Å². The van der Waals surface area contributed by atoms with Crippen LogP contribution in [0.15, 0.2) is 24.3 Å². The number of carbonyl (C=O) groups excluding carboxylic acids is 2. The standard InChI is InChI=1S/C14H20N4O2/c1-16-6-8-17(9-7-16)10-14(20)18(11-19)13-4-2-12(15)3-5-13/h2-5,11H,6-10,15H2,1H3. The Morgan fingerprint density at radius 2 is 1.85 bits per heavy atom. The summed E-state index contributed by atoms with van der Waals surface area (Å²) < 4.78 is 0. The van der Waals surface area contributed by atoms with E-state index in [1.165, 1.54) is 0 Å². The van der Waals surface area contributed by atoms with Crippen molar-refractivity contribution in [3.05, 3.63) is 24.3 Å². The number of nitrogen functional groups attached to an aromatic ring is 1. The molecule has 0 unspecified atom stereocenters. The van der Waals surface area contributed by atoms with Crippen molar-refractivity contribution in [1.82, 2.24) is 9.80 Å². The van der Waals surface area contributed by atoms with Gasteiger partial charge in [0.1, 0.15) is 0 Å².